The molecule has 20 heavy (non-hydrogen) atoms. The fourth-order valence-electron chi connectivity index (χ4n) is 1.53. The Kier molecular flexibility index (Phi) is 4.45. The second kappa shape index (κ2) is 6.28. The van der Waals surface area contributed by atoms with Gasteiger partial charge in [-0.3, -0.25) is 15.1 Å². The summed E-state index contributed by atoms with van der Waals surface area (Å²) in [4.78, 5) is 21.6. The molecule has 2 heterocycles. The summed E-state index contributed by atoms with van der Waals surface area (Å²) in [5.74, 6) is 5.31. The number of amides is 1. The maximum absolute atomic E-state index is 12.2. The number of hydrogen-bond donors (Lipinski definition) is 2. The van der Waals surface area contributed by atoms with Crippen molar-refractivity contribution in [2.75, 3.05) is 11.9 Å². The number of anilines is 1. The number of carbonyl (C=O) groups is 1. The number of pyridine rings is 1. The molecule has 2 aromatic heterocycles. The predicted octanol–water partition coefficient (Wildman–Crippen LogP) is 1.72. The van der Waals surface area contributed by atoms with Crippen molar-refractivity contribution in [3.63, 3.8) is 0 Å². The highest BCUT2D eigenvalue weighted by molar-refractivity contribution is 7.15. The van der Waals surface area contributed by atoms with Crippen LogP contribution in [-0.4, -0.2) is 22.4 Å². The second-order valence-corrected chi connectivity index (χ2v) is 5.25. The molecular weight excluding hydrogens is 272 g/mol. The van der Waals surface area contributed by atoms with Crippen LogP contribution in [0.5, 0.6) is 0 Å². The molecular formula is C14H14N4OS. The van der Waals surface area contributed by atoms with Crippen molar-refractivity contribution in [3.05, 3.63) is 40.2 Å². The smallest absolute Gasteiger partial charge is 0.258 e. The van der Waals surface area contributed by atoms with Gasteiger partial charge in [0, 0.05) is 17.3 Å². The topological polar surface area (TPSA) is 80.9 Å². The maximum Gasteiger partial charge on any atom is 0.258 e. The van der Waals surface area contributed by atoms with Crippen molar-refractivity contribution in [2.24, 2.45) is 5.73 Å². The van der Waals surface area contributed by atoms with E-state index in [-0.39, 0.29) is 12.5 Å². The molecule has 1 amide bonds. The normalized spacial score (nSPS) is 9.75. The summed E-state index contributed by atoms with van der Waals surface area (Å²) in [5.41, 5.74) is 7.28. The zero-order chi connectivity index (χ0) is 14.5. The fraction of sp³-hybridized carbons (Fsp3) is 0.214. The highest BCUT2D eigenvalue weighted by Crippen LogP contribution is 2.22. The Morgan fingerprint density at radius 1 is 1.50 bits per heavy atom. The van der Waals surface area contributed by atoms with Crippen LogP contribution in [0.2, 0.25) is 0 Å². The van der Waals surface area contributed by atoms with E-state index in [1.807, 2.05) is 13.8 Å². The van der Waals surface area contributed by atoms with Crippen LogP contribution in [0.25, 0.3) is 0 Å². The summed E-state index contributed by atoms with van der Waals surface area (Å²) in [6.07, 6.45) is 3.11. The summed E-state index contributed by atoms with van der Waals surface area (Å²) in [7, 11) is 0. The first-order chi connectivity index (χ1) is 9.61. The molecule has 0 saturated heterocycles. The van der Waals surface area contributed by atoms with Gasteiger partial charge in [-0.1, -0.05) is 11.8 Å². The van der Waals surface area contributed by atoms with E-state index in [1.54, 1.807) is 18.5 Å². The third-order valence-corrected chi connectivity index (χ3v) is 3.63. The van der Waals surface area contributed by atoms with Crippen molar-refractivity contribution in [3.8, 4) is 11.8 Å². The van der Waals surface area contributed by atoms with Crippen molar-refractivity contribution in [2.45, 2.75) is 13.8 Å². The highest BCUT2D eigenvalue weighted by Gasteiger charge is 2.13. The molecule has 2 rings (SSSR count). The van der Waals surface area contributed by atoms with Gasteiger partial charge in [-0.05, 0) is 19.9 Å². The molecule has 0 bridgehead atoms. The molecule has 0 aliphatic carbocycles. The largest absolute Gasteiger partial charge is 0.320 e. The highest BCUT2D eigenvalue weighted by atomic mass is 32.1. The van der Waals surface area contributed by atoms with E-state index in [2.05, 4.69) is 27.1 Å². The Labute approximate surface area is 121 Å². The van der Waals surface area contributed by atoms with Gasteiger partial charge in [0.1, 0.15) is 0 Å². The molecule has 0 atom stereocenters. The molecule has 0 fully saturated rings. The predicted molar refractivity (Wildman–Crippen MR) is 79.7 cm³/mol. The lowest BCUT2D eigenvalue weighted by Gasteiger charge is -2.03. The number of thiazole rings is 1. The number of nitrogens with two attached hydrogens (primary N) is 1. The maximum atomic E-state index is 12.2. The number of hydrogen-bond acceptors (Lipinski definition) is 5. The van der Waals surface area contributed by atoms with Crippen molar-refractivity contribution < 1.29 is 4.79 Å². The lowest BCUT2D eigenvalue weighted by molar-refractivity contribution is 0.102. The zero-order valence-electron chi connectivity index (χ0n) is 11.2. The number of aromatic nitrogens is 2. The first-order valence-electron chi connectivity index (χ1n) is 6.00. The summed E-state index contributed by atoms with van der Waals surface area (Å²) in [6, 6.07) is 1.63. The quantitative estimate of drug-likeness (QED) is 0.824. The van der Waals surface area contributed by atoms with Crippen molar-refractivity contribution in [1.82, 2.24) is 9.97 Å². The Morgan fingerprint density at radius 2 is 2.30 bits per heavy atom. The van der Waals surface area contributed by atoms with Gasteiger partial charge >= 0.3 is 0 Å². The lowest BCUT2D eigenvalue weighted by Crippen LogP contribution is -2.13. The van der Waals surface area contributed by atoms with Gasteiger partial charge in [-0.25, -0.2) is 4.98 Å². The molecule has 102 valence electrons. The molecule has 5 nitrogen and oxygen atoms in total. The zero-order valence-corrected chi connectivity index (χ0v) is 12.0. The van der Waals surface area contributed by atoms with E-state index in [0.717, 1.165) is 10.6 Å². The Morgan fingerprint density at radius 3 is 2.95 bits per heavy atom. The van der Waals surface area contributed by atoms with Crippen molar-refractivity contribution >= 4 is 22.4 Å². The lowest BCUT2D eigenvalue weighted by atomic mass is 10.1. The first-order valence-corrected chi connectivity index (χ1v) is 6.81. The second-order valence-electron chi connectivity index (χ2n) is 4.04. The minimum atomic E-state index is -0.248. The molecule has 0 aliphatic rings. The van der Waals surface area contributed by atoms with E-state index in [0.29, 0.717) is 16.3 Å². The van der Waals surface area contributed by atoms with Crippen LogP contribution in [-0.2, 0) is 0 Å². The molecule has 0 radical (unpaired) electrons. The fourth-order valence-corrected chi connectivity index (χ4v) is 2.34. The van der Waals surface area contributed by atoms with Crippen LogP contribution in [0.1, 0.15) is 26.5 Å². The van der Waals surface area contributed by atoms with Gasteiger partial charge in [-0.15, -0.1) is 11.3 Å². The van der Waals surface area contributed by atoms with Crippen LogP contribution in [0.3, 0.4) is 0 Å². The van der Waals surface area contributed by atoms with E-state index in [1.165, 1.54) is 11.3 Å². The van der Waals surface area contributed by atoms with Gasteiger partial charge in [0.25, 0.3) is 5.91 Å². The van der Waals surface area contributed by atoms with E-state index in [4.69, 9.17) is 5.73 Å². The van der Waals surface area contributed by atoms with Gasteiger partial charge in [-0.2, -0.15) is 0 Å². The average Bonchev–Trinajstić information content (AvgIpc) is 2.75. The van der Waals surface area contributed by atoms with Crippen molar-refractivity contribution in [1.29, 1.82) is 0 Å². The van der Waals surface area contributed by atoms with E-state index in [9.17, 15) is 4.79 Å². The third-order valence-electron chi connectivity index (χ3n) is 2.64. The molecule has 2 aromatic rings. The monoisotopic (exact) mass is 286 g/mol. The number of aryl methyl sites for hydroxylation is 2. The Balaban J connectivity index is 2.25. The SMILES string of the molecule is Cc1nc(NC(=O)c2ccncc2C#CCN)sc1C. The Bertz CT molecular complexity index is 677. The van der Waals surface area contributed by atoms with Gasteiger partial charge in [0.15, 0.2) is 5.13 Å². The van der Waals surface area contributed by atoms with Crippen LogP contribution < -0.4 is 11.1 Å². The Hall–Kier alpha value is -2.23. The summed E-state index contributed by atoms with van der Waals surface area (Å²) in [5, 5.41) is 3.36. The minimum Gasteiger partial charge on any atom is -0.320 e. The third kappa shape index (κ3) is 3.20. The summed E-state index contributed by atoms with van der Waals surface area (Å²) in [6.45, 7) is 4.11. The molecule has 0 aliphatic heterocycles. The van der Waals surface area contributed by atoms with E-state index >= 15 is 0 Å². The first kappa shape index (κ1) is 14.2. The van der Waals surface area contributed by atoms with Crippen LogP contribution in [0, 0.1) is 25.7 Å². The molecule has 0 spiro atoms. The molecule has 0 aromatic carbocycles. The molecule has 0 unspecified atom stereocenters. The summed E-state index contributed by atoms with van der Waals surface area (Å²) >= 11 is 1.45. The summed E-state index contributed by atoms with van der Waals surface area (Å²) < 4.78 is 0. The number of nitrogens with zero attached hydrogens (tertiary/aromatic N) is 2. The van der Waals surface area contributed by atoms with E-state index < -0.39 is 0 Å². The average molecular weight is 286 g/mol. The molecule has 6 heteroatoms. The van der Waals surface area contributed by atoms with Crippen LogP contribution in [0.15, 0.2) is 18.5 Å². The standard InChI is InChI=1S/C14H14N4OS/c1-9-10(2)20-14(17-9)18-13(19)12-5-7-16-8-11(12)4-3-6-15/h5,7-8H,6,15H2,1-2H3,(H,17,18,19). The minimum absolute atomic E-state index is 0.237. The van der Waals surface area contributed by atoms with Gasteiger partial charge in [0.2, 0.25) is 0 Å². The number of nitrogens with one attached hydrogen (secondary N) is 1. The van der Waals surface area contributed by atoms with Gasteiger partial charge < -0.3 is 5.73 Å². The number of rotatable bonds is 2. The molecule has 3 N–H and O–H groups in total. The van der Waals surface area contributed by atoms with Crippen LogP contribution in [0.4, 0.5) is 5.13 Å². The van der Waals surface area contributed by atoms with Gasteiger partial charge in [0.05, 0.1) is 23.4 Å². The van der Waals surface area contributed by atoms with Crippen LogP contribution >= 0.6 is 11.3 Å². The number of carbonyl (C=O) groups excluding carboxylic acids is 1. The molecule has 0 saturated carbocycles.